The van der Waals surface area contributed by atoms with Gasteiger partial charge in [-0.1, -0.05) is 42.5 Å². The largest absolute Gasteiger partial charge is 0.379 e. The first-order valence-electron chi connectivity index (χ1n) is 8.99. The van der Waals surface area contributed by atoms with E-state index in [1.54, 1.807) is 18.2 Å². The number of hydrogen-bond acceptors (Lipinski definition) is 5. The molecular weight excluding hydrogens is 346 g/mol. The quantitative estimate of drug-likeness (QED) is 0.598. The highest BCUT2D eigenvalue weighted by Crippen LogP contribution is 2.18. The van der Waals surface area contributed by atoms with Gasteiger partial charge in [0.2, 0.25) is 5.91 Å². The fourth-order valence-corrected chi connectivity index (χ4v) is 3.13. The molecule has 0 spiro atoms. The van der Waals surface area contributed by atoms with Gasteiger partial charge >= 0.3 is 0 Å². The van der Waals surface area contributed by atoms with Crippen molar-refractivity contribution >= 4 is 11.6 Å². The zero-order valence-electron chi connectivity index (χ0n) is 15.1. The second-order valence-electron chi connectivity index (χ2n) is 6.55. The molecule has 0 aliphatic carbocycles. The van der Waals surface area contributed by atoms with Gasteiger partial charge in [0.05, 0.1) is 24.6 Å². The summed E-state index contributed by atoms with van der Waals surface area (Å²) in [6, 6.07) is 14.4. The zero-order valence-corrected chi connectivity index (χ0v) is 15.1. The summed E-state index contributed by atoms with van der Waals surface area (Å²) in [5.41, 5.74) is 2.60. The number of amides is 1. The van der Waals surface area contributed by atoms with Gasteiger partial charge in [-0.2, -0.15) is 0 Å². The van der Waals surface area contributed by atoms with E-state index in [9.17, 15) is 14.9 Å². The number of morpholine rings is 1. The Hall–Kier alpha value is -2.77. The van der Waals surface area contributed by atoms with E-state index in [0.29, 0.717) is 12.1 Å². The van der Waals surface area contributed by atoms with Crippen LogP contribution < -0.4 is 5.32 Å². The number of carbonyl (C=O) groups is 1. The molecule has 1 aliphatic rings. The molecule has 27 heavy (non-hydrogen) atoms. The number of benzene rings is 2. The highest BCUT2D eigenvalue weighted by Gasteiger charge is 2.15. The molecule has 0 atom stereocenters. The number of hydrogen-bond donors (Lipinski definition) is 1. The van der Waals surface area contributed by atoms with E-state index in [1.807, 2.05) is 12.1 Å². The van der Waals surface area contributed by atoms with Crippen LogP contribution in [-0.4, -0.2) is 42.0 Å². The van der Waals surface area contributed by atoms with Crippen molar-refractivity contribution in [1.82, 2.24) is 10.2 Å². The lowest BCUT2D eigenvalue weighted by molar-refractivity contribution is -0.385. The molecule has 0 aromatic heterocycles. The average Bonchev–Trinajstić information content (AvgIpc) is 2.68. The molecule has 7 heteroatoms. The molecule has 2 aromatic carbocycles. The minimum atomic E-state index is -0.461. The Balaban J connectivity index is 1.54. The van der Waals surface area contributed by atoms with E-state index < -0.39 is 4.92 Å². The van der Waals surface area contributed by atoms with Gasteiger partial charge in [-0.3, -0.25) is 19.8 Å². The molecule has 7 nitrogen and oxygen atoms in total. The number of nitro groups is 1. The molecule has 0 radical (unpaired) electrons. The van der Waals surface area contributed by atoms with Gasteiger partial charge in [0.15, 0.2) is 0 Å². The lowest BCUT2D eigenvalue weighted by Gasteiger charge is -2.26. The highest BCUT2D eigenvalue weighted by molar-refractivity contribution is 5.79. The number of rotatable bonds is 7. The molecule has 3 rings (SSSR count). The third-order valence-electron chi connectivity index (χ3n) is 4.53. The molecule has 0 bridgehead atoms. The summed E-state index contributed by atoms with van der Waals surface area (Å²) in [5.74, 6) is -0.233. The maximum atomic E-state index is 12.2. The summed E-state index contributed by atoms with van der Waals surface area (Å²) in [6.45, 7) is 4.65. The second kappa shape index (κ2) is 9.25. The monoisotopic (exact) mass is 369 g/mol. The van der Waals surface area contributed by atoms with Crippen molar-refractivity contribution in [3.8, 4) is 0 Å². The molecule has 2 aromatic rings. The molecule has 0 unspecified atom stereocenters. The van der Waals surface area contributed by atoms with Crippen LogP contribution in [0, 0.1) is 10.1 Å². The summed E-state index contributed by atoms with van der Waals surface area (Å²) < 4.78 is 5.37. The number of nitrogens with one attached hydrogen (secondary N) is 1. The molecule has 1 fully saturated rings. The number of ether oxygens (including phenoxy) is 1. The highest BCUT2D eigenvalue weighted by atomic mass is 16.6. The van der Waals surface area contributed by atoms with Crippen LogP contribution in [0.3, 0.4) is 0 Å². The van der Waals surface area contributed by atoms with Gasteiger partial charge in [0, 0.05) is 37.8 Å². The Morgan fingerprint density at radius 2 is 1.85 bits per heavy atom. The number of carbonyl (C=O) groups excluding carboxylic acids is 1. The molecule has 142 valence electrons. The fraction of sp³-hybridized carbons (Fsp3) is 0.350. The Morgan fingerprint density at radius 3 is 2.63 bits per heavy atom. The third kappa shape index (κ3) is 5.60. The average molecular weight is 369 g/mol. The SMILES string of the molecule is O=C(Cc1ccccc1[N+](=O)[O-])NCc1cccc(CN2CCOCC2)c1. The van der Waals surface area contributed by atoms with Gasteiger partial charge in [0.25, 0.3) is 5.69 Å². The van der Waals surface area contributed by atoms with Gasteiger partial charge in [0.1, 0.15) is 0 Å². The van der Waals surface area contributed by atoms with Gasteiger partial charge in [-0.05, 0) is 11.1 Å². The van der Waals surface area contributed by atoms with Crippen LogP contribution in [0.15, 0.2) is 48.5 Å². The fourth-order valence-electron chi connectivity index (χ4n) is 3.13. The molecule has 1 saturated heterocycles. The Kier molecular flexibility index (Phi) is 6.51. The van der Waals surface area contributed by atoms with Crippen LogP contribution in [0.4, 0.5) is 5.69 Å². The second-order valence-corrected chi connectivity index (χ2v) is 6.55. The number of para-hydroxylation sites is 1. The standard InChI is InChI=1S/C20H23N3O4/c24-20(13-18-6-1-2-7-19(18)23(25)26)21-14-16-4-3-5-17(12-16)15-22-8-10-27-11-9-22/h1-7,12H,8-11,13-15H2,(H,21,24). The van der Waals surface area contributed by atoms with E-state index in [-0.39, 0.29) is 18.0 Å². The molecule has 1 amide bonds. The van der Waals surface area contributed by atoms with Crippen LogP contribution >= 0.6 is 0 Å². The van der Waals surface area contributed by atoms with Crippen LogP contribution in [0.1, 0.15) is 16.7 Å². The molecule has 1 aliphatic heterocycles. The summed E-state index contributed by atoms with van der Waals surface area (Å²) in [6.07, 6.45) is -0.00930. The Bertz CT molecular complexity index is 803. The minimum absolute atomic E-state index is 0.00930. The molecule has 0 saturated carbocycles. The predicted octanol–water partition coefficient (Wildman–Crippen LogP) is 2.29. The summed E-state index contributed by atoms with van der Waals surface area (Å²) in [5, 5.41) is 13.9. The van der Waals surface area contributed by atoms with Crippen molar-refractivity contribution in [2.24, 2.45) is 0 Å². The smallest absolute Gasteiger partial charge is 0.273 e. The summed E-state index contributed by atoms with van der Waals surface area (Å²) in [7, 11) is 0. The molecule has 1 N–H and O–H groups in total. The van der Waals surface area contributed by atoms with Gasteiger partial charge in [-0.25, -0.2) is 0 Å². The summed E-state index contributed by atoms with van der Waals surface area (Å²) >= 11 is 0. The van der Waals surface area contributed by atoms with Gasteiger partial charge in [-0.15, -0.1) is 0 Å². The normalized spacial score (nSPS) is 14.7. The van der Waals surface area contributed by atoms with Crippen molar-refractivity contribution in [2.75, 3.05) is 26.3 Å². The maximum Gasteiger partial charge on any atom is 0.273 e. The van der Waals surface area contributed by atoms with E-state index in [2.05, 4.69) is 22.3 Å². The van der Waals surface area contributed by atoms with Crippen molar-refractivity contribution in [1.29, 1.82) is 0 Å². The molecular formula is C20H23N3O4. The Labute approximate surface area is 158 Å². The minimum Gasteiger partial charge on any atom is -0.379 e. The van der Waals surface area contributed by atoms with E-state index in [0.717, 1.165) is 38.4 Å². The summed E-state index contributed by atoms with van der Waals surface area (Å²) in [4.78, 5) is 25.1. The Morgan fingerprint density at radius 1 is 1.11 bits per heavy atom. The van der Waals surface area contributed by atoms with Crippen LogP contribution in [0.2, 0.25) is 0 Å². The van der Waals surface area contributed by atoms with Crippen LogP contribution in [-0.2, 0) is 29.0 Å². The first kappa shape index (κ1) is 19.0. The topological polar surface area (TPSA) is 84.7 Å². The number of nitrogens with zero attached hydrogens (tertiary/aromatic N) is 2. The van der Waals surface area contributed by atoms with Crippen LogP contribution in [0.25, 0.3) is 0 Å². The van der Waals surface area contributed by atoms with Crippen molar-refractivity contribution in [3.05, 3.63) is 75.3 Å². The first-order valence-corrected chi connectivity index (χ1v) is 8.99. The number of nitro benzene ring substituents is 1. The van der Waals surface area contributed by atoms with Crippen molar-refractivity contribution in [3.63, 3.8) is 0 Å². The first-order chi connectivity index (χ1) is 13.1. The van der Waals surface area contributed by atoms with Crippen molar-refractivity contribution in [2.45, 2.75) is 19.5 Å². The van der Waals surface area contributed by atoms with E-state index in [4.69, 9.17) is 4.74 Å². The van der Waals surface area contributed by atoms with E-state index in [1.165, 1.54) is 11.6 Å². The van der Waals surface area contributed by atoms with Gasteiger partial charge < -0.3 is 10.1 Å². The third-order valence-corrected chi connectivity index (χ3v) is 4.53. The lowest BCUT2D eigenvalue weighted by atomic mass is 10.1. The van der Waals surface area contributed by atoms with Crippen molar-refractivity contribution < 1.29 is 14.5 Å². The van der Waals surface area contributed by atoms with Crippen LogP contribution in [0.5, 0.6) is 0 Å². The molecule has 1 heterocycles. The van der Waals surface area contributed by atoms with E-state index >= 15 is 0 Å². The lowest BCUT2D eigenvalue weighted by Crippen LogP contribution is -2.35. The zero-order chi connectivity index (χ0) is 19.1. The predicted molar refractivity (Wildman–Crippen MR) is 101 cm³/mol. The maximum absolute atomic E-state index is 12.2.